The van der Waals surface area contributed by atoms with E-state index in [9.17, 15) is 0 Å². The zero-order valence-electron chi connectivity index (χ0n) is 24.3. The first kappa shape index (κ1) is 26.0. The Morgan fingerprint density at radius 2 is 0.750 bits per heavy atom. The van der Waals surface area contributed by atoms with Gasteiger partial charge in [-0.05, 0) is 35.4 Å². The maximum atomic E-state index is 2.38. The second-order valence-corrected chi connectivity index (χ2v) is 11.1. The monoisotopic (exact) mass is 563 g/mol. The summed E-state index contributed by atoms with van der Waals surface area (Å²) >= 11 is 0. The summed E-state index contributed by atoms with van der Waals surface area (Å²) in [6, 6.07) is 67.8. The van der Waals surface area contributed by atoms with Crippen LogP contribution in [0.1, 0.15) is 0 Å². The molecule has 0 atom stereocenters. The van der Waals surface area contributed by atoms with E-state index in [4.69, 9.17) is 0 Å². The standard InChI is InChI=1S/C42H31N2/c1-4-15-32(16-5-1)33-17-14-22-38(31-33)44(35-18-6-2-7-19-35,36-20-8-3-9-21-36)37-29-27-34(28-30-37)43-41-25-12-10-23-39(41)40-24-11-13-26-42(40)43/h1-31H/q+1. The quantitative estimate of drug-likeness (QED) is 0.177. The molecule has 8 aromatic rings. The van der Waals surface area contributed by atoms with Crippen molar-refractivity contribution in [2.45, 2.75) is 0 Å². The highest BCUT2D eigenvalue weighted by molar-refractivity contribution is 6.09. The van der Waals surface area contributed by atoms with Crippen molar-refractivity contribution in [1.29, 1.82) is 0 Å². The first-order chi connectivity index (χ1) is 21.8. The smallest absolute Gasteiger partial charge is 0.148 e. The minimum absolute atomic E-state index is 0.454. The van der Waals surface area contributed by atoms with Crippen LogP contribution in [-0.2, 0) is 0 Å². The molecule has 2 heteroatoms. The molecule has 1 heterocycles. The number of para-hydroxylation sites is 4. The van der Waals surface area contributed by atoms with Crippen LogP contribution in [0.25, 0.3) is 38.6 Å². The molecule has 44 heavy (non-hydrogen) atoms. The summed E-state index contributed by atoms with van der Waals surface area (Å²) in [4.78, 5) is 0. The Bertz CT molecular complexity index is 2100. The number of hydrogen-bond donors (Lipinski definition) is 0. The number of aromatic nitrogens is 1. The molecule has 0 aliphatic carbocycles. The van der Waals surface area contributed by atoms with Crippen LogP contribution in [0, 0.1) is 0 Å². The molecule has 0 radical (unpaired) electrons. The Morgan fingerprint density at radius 3 is 1.32 bits per heavy atom. The van der Waals surface area contributed by atoms with Gasteiger partial charge in [0, 0.05) is 65.0 Å². The second-order valence-electron chi connectivity index (χ2n) is 11.1. The fraction of sp³-hybridized carbons (Fsp3) is 0. The third kappa shape index (κ3) is 4.16. The molecule has 0 bridgehead atoms. The minimum Gasteiger partial charge on any atom is -0.309 e. The molecule has 0 amide bonds. The second kappa shape index (κ2) is 10.9. The van der Waals surface area contributed by atoms with Gasteiger partial charge in [0.15, 0.2) is 0 Å². The highest BCUT2D eigenvalue weighted by atomic mass is 15.4. The van der Waals surface area contributed by atoms with Crippen LogP contribution in [-0.4, -0.2) is 4.57 Å². The van der Waals surface area contributed by atoms with Gasteiger partial charge in [0.05, 0.1) is 11.0 Å². The van der Waals surface area contributed by atoms with Crippen molar-refractivity contribution in [2.24, 2.45) is 0 Å². The SMILES string of the molecule is c1ccc(-c2cccc([N+](c3ccccc3)(c3ccccc3)c3ccc(-n4c5ccccc5c5ccccc54)cc3)c2)cc1. The Labute approximate surface area is 257 Å². The number of hydrogen-bond acceptors (Lipinski definition) is 0. The molecule has 0 saturated heterocycles. The van der Waals surface area contributed by atoms with Crippen LogP contribution < -0.4 is 4.48 Å². The summed E-state index contributed by atoms with van der Waals surface area (Å²) in [5, 5.41) is 2.53. The van der Waals surface area contributed by atoms with E-state index in [1.54, 1.807) is 0 Å². The molecule has 0 fully saturated rings. The molecule has 0 unspecified atom stereocenters. The molecule has 0 saturated carbocycles. The summed E-state index contributed by atoms with van der Waals surface area (Å²) in [7, 11) is 0. The lowest BCUT2D eigenvalue weighted by Crippen LogP contribution is -2.33. The van der Waals surface area contributed by atoms with Gasteiger partial charge in [0.2, 0.25) is 0 Å². The highest BCUT2D eigenvalue weighted by Crippen LogP contribution is 2.52. The van der Waals surface area contributed by atoms with Crippen LogP contribution >= 0.6 is 0 Å². The average molecular weight is 564 g/mol. The number of benzene rings is 7. The molecule has 2 nitrogen and oxygen atoms in total. The van der Waals surface area contributed by atoms with Gasteiger partial charge in [-0.1, -0.05) is 115 Å². The van der Waals surface area contributed by atoms with E-state index in [2.05, 4.69) is 193 Å². The van der Waals surface area contributed by atoms with Crippen LogP contribution in [0.2, 0.25) is 0 Å². The zero-order chi connectivity index (χ0) is 29.3. The van der Waals surface area contributed by atoms with Gasteiger partial charge in [-0.2, -0.15) is 4.48 Å². The predicted octanol–water partition coefficient (Wildman–Crippen LogP) is 11.8. The summed E-state index contributed by atoms with van der Waals surface area (Å²) in [6.07, 6.45) is 0. The summed E-state index contributed by atoms with van der Waals surface area (Å²) in [5.41, 5.74) is 10.7. The molecular weight excluding hydrogens is 532 g/mol. The lowest BCUT2D eigenvalue weighted by molar-refractivity contribution is 0.704. The largest absolute Gasteiger partial charge is 0.309 e. The van der Waals surface area contributed by atoms with E-state index in [-0.39, 0.29) is 0 Å². The van der Waals surface area contributed by atoms with E-state index >= 15 is 0 Å². The number of quaternary nitrogens is 1. The van der Waals surface area contributed by atoms with Gasteiger partial charge in [-0.15, -0.1) is 0 Å². The van der Waals surface area contributed by atoms with E-state index in [1.807, 2.05) is 0 Å². The third-order valence-corrected chi connectivity index (χ3v) is 8.70. The topological polar surface area (TPSA) is 4.93 Å². The number of fused-ring (bicyclic) bond motifs is 3. The normalized spacial score (nSPS) is 11.6. The van der Waals surface area contributed by atoms with E-state index in [1.165, 1.54) is 50.0 Å². The van der Waals surface area contributed by atoms with Crippen molar-refractivity contribution in [1.82, 2.24) is 9.05 Å². The number of nitrogens with zero attached hydrogens (tertiary/aromatic N) is 2. The van der Waals surface area contributed by atoms with Gasteiger partial charge in [-0.3, -0.25) is 0 Å². The Kier molecular flexibility index (Phi) is 6.40. The van der Waals surface area contributed by atoms with E-state index in [0.717, 1.165) is 11.4 Å². The molecule has 0 N–H and O–H groups in total. The predicted molar refractivity (Wildman–Crippen MR) is 186 cm³/mol. The van der Waals surface area contributed by atoms with Crippen LogP contribution in [0.5, 0.6) is 0 Å². The lowest BCUT2D eigenvalue weighted by Gasteiger charge is -2.37. The number of rotatable bonds is 6. The average Bonchev–Trinajstić information content (AvgIpc) is 3.45. The Morgan fingerprint density at radius 1 is 0.318 bits per heavy atom. The van der Waals surface area contributed by atoms with Gasteiger partial charge in [0.25, 0.3) is 0 Å². The van der Waals surface area contributed by atoms with Crippen LogP contribution in [0.4, 0.5) is 22.7 Å². The van der Waals surface area contributed by atoms with Gasteiger partial charge >= 0.3 is 0 Å². The first-order valence-corrected chi connectivity index (χ1v) is 15.1. The summed E-state index contributed by atoms with van der Waals surface area (Å²) < 4.78 is 2.83. The Balaban J connectivity index is 1.38. The highest BCUT2D eigenvalue weighted by Gasteiger charge is 2.39. The molecular formula is C42H31N2+. The fourth-order valence-corrected chi connectivity index (χ4v) is 6.75. The van der Waals surface area contributed by atoms with Gasteiger partial charge in [-0.25, -0.2) is 0 Å². The third-order valence-electron chi connectivity index (χ3n) is 8.70. The molecule has 208 valence electrons. The van der Waals surface area contributed by atoms with Crippen molar-refractivity contribution in [3.8, 4) is 16.8 Å². The van der Waals surface area contributed by atoms with E-state index < -0.39 is 0 Å². The molecule has 7 aromatic carbocycles. The summed E-state index contributed by atoms with van der Waals surface area (Å²) in [6.45, 7) is 0. The summed E-state index contributed by atoms with van der Waals surface area (Å²) in [5.74, 6) is 0. The van der Waals surface area contributed by atoms with Gasteiger partial charge in [0.1, 0.15) is 22.7 Å². The zero-order valence-corrected chi connectivity index (χ0v) is 24.3. The molecule has 0 aliphatic heterocycles. The lowest BCUT2D eigenvalue weighted by atomic mass is 10.0. The fourth-order valence-electron chi connectivity index (χ4n) is 6.75. The minimum atomic E-state index is 0.454. The van der Waals surface area contributed by atoms with E-state index in [0.29, 0.717) is 4.48 Å². The first-order valence-electron chi connectivity index (χ1n) is 15.1. The van der Waals surface area contributed by atoms with Crippen LogP contribution in [0.3, 0.4) is 0 Å². The van der Waals surface area contributed by atoms with Crippen molar-refractivity contribution >= 4 is 44.6 Å². The maximum Gasteiger partial charge on any atom is 0.148 e. The van der Waals surface area contributed by atoms with Crippen molar-refractivity contribution < 1.29 is 0 Å². The maximum absolute atomic E-state index is 2.38. The molecule has 0 aliphatic rings. The van der Waals surface area contributed by atoms with Crippen molar-refractivity contribution in [3.63, 3.8) is 0 Å². The van der Waals surface area contributed by atoms with Crippen LogP contribution in [0.15, 0.2) is 188 Å². The molecule has 0 spiro atoms. The molecule has 8 rings (SSSR count). The molecule has 1 aromatic heterocycles. The van der Waals surface area contributed by atoms with Crippen molar-refractivity contribution in [2.75, 3.05) is 0 Å². The Hall–Kier alpha value is -5.70. The van der Waals surface area contributed by atoms with Gasteiger partial charge < -0.3 is 4.57 Å². The van der Waals surface area contributed by atoms with Crippen molar-refractivity contribution in [3.05, 3.63) is 188 Å².